The van der Waals surface area contributed by atoms with Crippen LogP contribution >= 0.6 is 0 Å². The summed E-state index contributed by atoms with van der Waals surface area (Å²) in [6.07, 6.45) is -0.588. The summed E-state index contributed by atoms with van der Waals surface area (Å²) in [6, 6.07) is 13.5. The van der Waals surface area contributed by atoms with Crippen molar-refractivity contribution in [2.75, 3.05) is 38.6 Å². The average molecular weight is 397 g/mol. The van der Waals surface area contributed by atoms with Crippen LogP contribution in [0.2, 0.25) is 0 Å². The second-order valence-electron chi connectivity index (χ2n) is 6.44. The molecule has 0 radical (unpaired) electrons. The molecule has 1 heterocycles. The predicted octanol–water partition coefficient (Wildman–Crippen LogP) is 1.90. The number of amides is 2. The van der Waals surface area contributed by atoms with Crippen molar-refractivity contribution in [2.45, 2.75) is 0 Å². The number of hydrogen-bond acceptors (Lipinski definition) is 6. The van der Waals surface area contributed by atoms with Crippen LogP contribution < -0.4 is 15.8 Å². The molecular weight excluding hydrogens is 374 g/mol. The van der Waals surface area contributed by atoms with E-state index in [-0.39, 0.29) is 11.7 Å². The molecule has 2 amide bonds. The molecule has 9 heteroatoms. The summed E-state index contributed by atoms with van der Waals surface area (Å²) in [7, 11) is 1.57. The van der Waals surface area contributed by atoms with Gasteiger partial charge in [-0.2, -0.15) is 0 Å². The average Bonchev–Trinajstić information content (AvgIpc) is 2.74. The van der Waals surface area contributed by atoms with E-state index in [2.05, 4.69) is 5.32 Å². The fraction of sp³-hybridized carbons (Fsp3) is 0.250. The van der Waals surface area contributed by atoms with Crippen LogP contribution in [0.15, 0.2) is 48.5 Å². The first-order valence-corrected chi connectivity index (χ1v) is 9.08. The van der Waals surface area contributed by atoms with E-state index in [1.165, 1.54) is 5.06 Å². The third-order valence-electron chi connectivity index (χ3n) is 4.52. The molecule has 2 aromatic rings. The number of rotatable bonds is 5. The zero-order valence-electron chi connectivity index (χ0n) is 16.1. The number of benzene rings is 2. The molecular formula is C20H23N5O4. The van der Waals surface area contributed by atoms with Crippen molar-refractivity contribution in [3.8, 4) is 5.75 Å². The number of nitrogen functional groups attached to an aromatic ring is 1. The molecule has 0 aliphatic carbocycles. The number of amidine groups is 1. The third-order valence-corrected chi connectivity index (χ3v) is 4.52. The van der Waals surface area contributed by atoms with Gasteiger partial charge >= 0.3 is 6.09 Å². The van der Waals surface area contributed by atoms with Crippen LogP contribution in [-0.2, 0) is 4.84 Å². The molecule has 9 nitrogen and oxygen atoms in total. The fourth-order valence-electron chi connectivity index (χ4n) is 2.89. The first kappa shape index (κ1) is 20.2. The van der Waals surface area contributed by atoms with E-state index < -0.39 is 6.09 Å². The number of ether oxygens (including phenoxy) is 1. The number of nitrogens with two attached hydrogens (primary N) is 1. The standard InChI is InChI=1S/C20H23N5O4/c1-28-17-8-6-16(7-9-17)23-20(27)29-25-12-10-24(11-13-25)19(26)15-4-2-14(3-5-15)18(21)22/h2-9H,10-13H2,1H3,(H3,21,22)(H,23,27). The van der Waals surface area contributed by atoms with Gasteiger partial charge in [0.1, 0.15) is 11.6 Å². The summed E-state index contributed by atoms with van der Waals surface area (Å²) in [4.78, 5) is 31.6. The minimum absolute atomic E-state index is 0.0392. The maximum Gasteiger partial charge on any atom is 0.430 e. The van der Waals surface area contributed by atoms with E-state index in [4.69, 9.17) is 20.7 Å². The molecule has 152 valence electrons. The summed E-state index contributed by atoms with van der Waals surface area (Å²) >= 11 is 0. The van der Waals surface area contributed by atoms with Crippen LogP contribution in [0.3, 0.4) is 0 Å². The topological polar surface area (TPSA) is 121 Å². The van der Waals surface area contributed by atoms with Gasteiger partial charge in [-0.15, -0.1) is 5.06 Å². The van der Waals surface area contributed by atoms with E-state index in [1.54, 1.807) is 60.5 Å². The van der Waals surface area contributed by atoms with Crippen molar-refractivity contribution in [3.05, 3.63) is 59.7 Å². The van der Waals surface area contributed by atoms with Gasteiger partial charge in [0.05, 0.1) is 20.2 Å². The van der Waals surface area contributed by atoms with E-state index in [9.17, 15) is 9.59 Å². The van der Waals surface area contributed by atoms with E-state index >= 15 is 0 Å². The fourth-order valence-corrected chi connectivity index (χ4v) is 2.89. The normalized spacial score (nSPS) is 14.2. The van der Waals surface area contributed by atoms with Crippen LogP contribution in [0.1, 0.15) is 15.9 Å². The van der Waals surface area contributed by atoms with Crippen LogP contribution in [0, 0.1) is 5.41 Å². The van der Waals surface area contributed by atoms with E-state index in [0.717, 1.165) is 0 Å². The molecule has 0 bridgehead atoms. The maximum atomic E-state index is 12.6. The van der Waals surface area contributed by atoms with Crippen molar-refractivity contribution in [3.63, 3.8) is 0 Å². The van der Waals surface area contributed by atoms with Gasteiger partial charge in [0.25, 0.3) is 5.91 Å². The summed E-state index contributed by atoms with van der Waals surface area (Å²) in [5.41, 5.74) is 7.13. The highest BCUT2D eigenvalue weighted by Crippen LogP contribution is 2.16. The number of piperazine rings is 1. The van der Waals surface area contributed by atoms with Crippen molar-refractivity contribution < 1.29 is 19.2 Å². The zero-order valence-corrected chi connectivity index (χ0v) is 16.1. The highest BCUT2D eigenvalue weighted by Gasteiger charge is 2.24. The van der Waals surface area contributed by atoms with Gasteiger partial charge in [0.2, 0.25) is 0 Å². The summed E-state index contributed by atoms with van der Waals surface area (Å²) < 4.78 is 5.07. The maximum absolute atomic E-state index is 12.6. The van der Waals surface area contributed by atoms with E-state index in [1.807, 2.05) is 0 Å². The summed E-state index contributed by atoms with van der Waals surface area (Å²) in [5.74, 6) is 0.547. The van der Waals surface area contributed by atoms with Gasteiger partial charge in [-0.25, -0.2) is 4.79 Å². The molecule has 0 unspecified atom stereocenters. The number of methoxy groups -OCH3 is 1. The Bertz CT molecular complexity index is 875. The lowest BCUT2D eigenvalue weighted by molar-refractivity contribution is -0.113. The molecule has 0 spiro atoms. The number of nitrogens with one attached hydrogen (secondary N) is 2. The van der Waals surface area contributed by atoms with Crippen LogP contribution in [0.25, 0.3) is 0 Å². The Morgan fingerprint density at radius 2 is 1.55 bits per heavy atom. The second kappa shape index (κ2) is 9.07. The smallest absolute Gasteiger partial charge is 0.430 e. The predicted molar refractivity (Wildman–Crippen MR) is 108 cm³/mol. The quantitative estimate of drug-likeness (QED) is 0.523. The largest absolute Gasteiger partial charge is 0.497 e. The van der Waals surface area contributed by atoms with Crippen LogP contribution in [-0.4, -0.2) is 61.1 Å². The lowest BCUT2D eigenvalue weighted by Gasteiger charge is -2.33. The van der Waals surface area contributed by atoms with Gasteiger partial charge in [-0.1, -0.05) is 12.1 Å². The number of nitrogens with zero attached hydrogens (tertiary/aromatic N) is 2. The Morgan fingerprint density at radius 1 is 0.966 bits per heavy atom. The highest BCUT2D eigenvalue weighted by atomic mass is 16.7. The first-order valence-electron chi connectivity index (χ1n) is 9.08. The van der Waals surface area contributed by atoms with Gasteiger partial charge in [-0.05, 0) is 36.4 Å². The second-order valence-corrected chi connectivity index (χ2v) is 6.44. The van der Waals surface area contributed by atoms with Gasteiger partial charge in [0.15, 0.2) is 0 Å². The van der Waals surface area contributed by atoms with Gasteiger partial charge < -0.3 is 20.2 Å². The van der Waals surface area contributed by atoms with Crippen molar-refractivity contribution in [1.29, 1.82) is 5.41 Å². The zero-order chi connectivity index (χ0) is 20.8. The molecule has 3 rings (SSSR count). The lowest BCUT2D eigenvalue weighted by Crippen LogP contribution is -2.49. The molecule has 29 heavy (non-hydrogen) atoms. The molecule has 0 saturated carbocycles. The third kappa shape index (κ3) is 5.23. The van der Waals surface area contributed by atoms with Gasteiger partial charge in [-0.3, -0.25) is 15.5 Å². The number of carbonyl (C=O) groups excluding carboxylic acids is 2. The molecule has 1 aliphatic rings. The monoisotopic (exact) mass is 397 g/mol. The van der Waals surface area contributed by atoms with Crippen LogP contribution in [0.5, 0.6) is 5.75 Å². The van der Waals surface area contributed by atoms with E-state index in [0.29, 0.717) is 48.7 Å². The first-order chi connectivity index (χ1) is 14.0. The Hall–Kier alpha value is -3.59. The minimum atomic E-state index is -0.588. The van der Waals surface area contributed by atoms with Crippen molar-refractivity contribution in [2.24, 2.45) is 5.73 Å². The van der Waals surface area contributed by atoms with Gasteiger partial charge in [0, 0.05) is 29.9 Å². The number of hydrogen-bond donors (Lipinski definition) is 3. The molecule has 1 saturated heterocycles. The summed E-state index contributed by atoms with van der Waals surface area (Å²) in [6.45, 7) is 1.69. The molecule has 1 fully saturated rings. The van der Waals surface area contributed by atoms with Crippen molar-refractivity contribution in [1.82, 2.24) is 9.96 Å². The SMILES string of the molecule is COc1ccc(NC(=O)ON2CCN(C(=O)c3ccc(C(=N)N)cc3)CC2)cc1. The Morgan fingerprint density at radius 3 is 2.10 bits per heavy atom. The Balaban J connectivity index is 1.47. The lowest BCUT2D eigenvalue weighted by atomic mass is 10.1. The summed E-state index contributed by atoms with van der Waals surface area (Å²) in [5, 5.41) is 11.6. The minimum Gasteiger partial charge on any atom is -0.497 e. The Labute approximate surface area is 168 Å². The highest BCUT2D eigenvalue weighted by molar-refractivity contribution is 5.98. The molecule has 0 aromatic heterocycles. The molecule has 2 aromatic carbocycles. The van der Waals surface area contributed by atoms with Crippen LogP contribution in [0.4, 0.5) is 10.5 Å². The van der Waals surface area contributed by atoms with Crippen molar-refractivity contribution >= 4 is 23.5 Å². The number of anilines is 1. The number of carbonyl (C=O) groups is 2. The molecule has 4 N–H and O–H groups in total. The molecule has 0 atom stereocenters. The molecule has 1 aliphatic heterocycles. The Kier molecular flexibility index (Phi) is 6.30. The number of hydroxylamine groups is 2.